The molecule has 0 heterocycles. The maximum atomic E-state index is 12.7. The summed E-state index contributed by atoms with van der Waals surface area (Å²) in [5.41, 5.74) is 6.68. The van der Waals surface area contributed by atoms with E-state index in [1.165, 1.54) is 0 Å². The van der Waals surface area contributed by atoms with Crippen molar-refractivity contribution in [3.05, 3.63) is 35.4 Å². The fraction of sp³-hybridized carbons (Fsp3) is 0.471. The van der Waals surface area contributed by atoms with Gasteiger partial charge in [-0.2, -0.15) is 5.26 Å². The summed E-state index contributed by atoms with van der Waals surface area (Å²) in [6.07, 6.45) is 1.30. The quantitative estimate of drug-likeness (QED) is 0.806. The van der Waals surface area contributed by atoms with Gasteiger partial charge >= 0.3 is 6.03 Å². The largest absolute Gasteiger partial charge is 0.352 e. The Hall–Kier alpha value is -2.55. The molecule has 1 aromatic rings. The molecule has 0 fully saturated rings. The average molecular weight is 316 g/mol. The summed E-state index contributed by atoms with van der Waals surface area (Å²) in [5, 5.41) is 11.4. The summed E-state index contributed by atoms with van der Waals surface area (Å²) in [6.45, 7) is 6.22. The number of urea groups is 1. The Morgan fingerprint density at radius 3 is 2.35 bits per heavy atom. The third-order valence-corrected chi connectivity index (χ3v) is 3.53. The number of carbonyl (C=O) groups excluding carboxylic acids is 2. The molecule has 23 heavy (non-hydrogen) atoms. The average Bonchev–Trinajstić information content (AvgIpc) is 2.51. The molecule has 0 radical (unpaired) electrons. The van der Waals surface area contributed by atoms with E-state index >= 15 is 0 Å². The zero-order valence-corrected chi connectivity index (χ0v) is 13.9. The van der Waals surface area contributed by atoms with Crippen molar-refractivity contribution in [2.24, 2.45) is 5.73 Å². The SMILES string of the molecule is CCCC(NC(N)=O)C(=O)N(Cc1ccc(C#N)cc1)C(C)C. The Morgan fingerprint density at radius 1 is 1.30 bits per heavy atom. The van der Waals surface area contributed by atoms with Crippen LogP contribution in [0.5, 0.6) is 0 Å². The minimum Gasteiger partial charge on any atom is -0.352 e. The normalized spacial score (nSPS) is 11.6. The van der Waals surface area contributed by atoms with Crippen molar-refractivity contribution >= 4 is 11.9 Å². The highest BCUT2D eigenvalue weighted by molar-refractivity contribution is 5.86. The molecule has 0 saturated carbocycles. The predicted molar refractivity (Wildman–Crippen MR) is 88.3 cm³/mol. The van der Waals surface area contributed by atoms with Gasteiger partial charge in [0.05, 0.1) is 11.6 Å². The summed E-state index contributed by atoms with van der Waals surface area (Å²) < 4.78 is 0. The minimum absolute atomic E-state index is 0.0211. The lowest BCUT2D eigenvalue weighted by Crippen LogP contribution is -2.51. The van der Waals surface area contributed by atoms with Crippen LogP contribution in [0.2, 0.25) is 0 Å². The van der Waals surface area contributed by atoms with E-state index in [0.717, 1.165) is 12.0 Å². The van der Waals surface area contributed by atoms with Crippen LogP contribution in [0.4, 0.5) is 4.79 Å². The van der Waals surface area contributed by atoms with Gasteiger partial charge in [0.1, 0.15) is 6.04 Å². The number of benzene rings is 1. The van der Waals surface area contributed by atoms with Crippen LogP contribution < -0.4 is 11.1 Å². The van der Waals surface area contributed by atoms with Crippen molar-refractivity contribution in [3.8, 4) is 6.07 Å². The fourth-order valence-corrected chi connectivity index (χ4v) is 2.31. The van der Waals surface area contributed by atoms with E-state index in [4.69, 9.17) is 11.0 Å². The Morgan fingerprint density at radius 2 is 1.91 bits per heavy atom. The van der Waals surface area contributed by atoms with Crippen molar-refractivity contribution in [1.29, 1.82) is 5.26 Å². The second kappa shape index (κ2) is 8.79. The molecule has 0 aliphatic heterocycles. The van der Waals surface area contributed by atoms with Gasteiger partial charge in [-0.15, -0.1) is 0 Å². The van der Waals surface area contributed by atoms with Gasteiger partial charge in [-0.25, -0.2) is 4.79 Å². The predicted octanol–water partition coefficient (Wildman–Crippen LogP) is 2.13. The molecule has 0 aromatic heterocycles. The molecule has 1 rings (SSSR count). The smallest absolute Gasteiger partial charge is 0.312 e. The Balaban J connectivity index is 2.92. The van der Waals surface area contributed by atoms with Gasteiger partial charge in [0.25, 0.3) is 0 Å². The summed E-state index contributed by atoms with van der Waals surface area (Å²) >= 11 is 0. The Bertz CT molecular complexity index is 575. The van der Waals surface area contributed by atoms with E-state index in [2.05, 4.69) is 11.4 Å². The number of rotatable bonds is 7. The van der Waals surface area contributed by atoms with Gasteiger partial charge in [-0.05, 0) is 38.0 Å². The molecule has 1 unspecified atom stereocenters. The number of hydrogen-bond donors (Lipinski definition) is 2. The van der Waals surface area contributed by atoms with Crippen LogP contribution >= 0.6 is 0 Å². The molecule has 0 spiro atoms. The van der Waals surface area contributed by atoms with Gasteiger partial charge in [0.2, 0.25) is 5.91 Å². The van der Waals surface area contributed by atoms with E-state index in [1.54, 1.807) is 17.0 Å². The third kappa shape index (κ3) is 5.62. The number of nitrogens with two attached hydrogens (primary N) is 1. The van der Waals surface area contributed by atoms with Crippen LogP contribution in [0, 0.1) is 11.3 Å². The molecule has 6 heteroatoms. The van der Waals surface area contributed by atoms with Crippen molar-refractivity contribution in [2.45, 2.75) is 52.2 Å². The van der Waals surface area contributed by atoms with E-state index < -0.39 is 12.1 Å². The number of carbonyl (C=O) groups is 2. The maximum absolute atomic E-state index is 12.7. The number of nitrogens with zero attached hydrogens (tertiary/aromatic N) is 2. The molecular formula is C17H24N4O2. The lowest BCUT2D eigenvalue weighted by Gasteiger charge is -2.31. The van der Waals surface area contributed by atoms with Gasteiger partial charge in [0.15, 0.2) is 0 Å². The van der Waals surface area contributed by atoms with Crippen LogP contribution in [0.1, 0.15) is 44.7 Å². The highest BCUT2D eigenvalue weighted by Gasteiger charge is 2.26. The summed E-state index contributed by atoms with van der Waals surface area (Å²) in [6, 6.07) is 7.85. The monoisotopic (exact) mass is 316 g/mol. The molecule has 124 valence electrons. The molecule has 0 aliphatic rings. The third-order valence-electron chi connectivity index (χ3n) is 3.53. The lowest BCUT2D eigenvalue weighted by atomic mass is 10.1. The van der Waals surface area contributed by atoms with E-state index in [0.29, 0.717) is 18.5 Å². The highest BCUT2D eigenvalue weighted by atomic mass is 16.2. The summed E-state index contributed by atoms with van der Waals surface area (Å²) in [7, 11) is 0. The number of nitrogens with one attached hydrogen (secondary N) is 1. The van der Waals surface area contributed by atoms with Crippen LogP contribution in [-0.2, 0) is 11.3 Å². The van der Waals surface area contributed by atoms with Crippen molar-refractivity contribution < 1.29 is 9.59 Å². The second-order valence-electron chi connectivity index (χ2n) is 5.72. The van der Waals surface area contributed by atoms with E-state index in [-0.39, 0.29) is 11.9 Å². The zero-order valence-electron chi connectivity index (χ0n) is 13.9. The first kappa shape index (κ1) is 18.5. The second-order valence-corrected chi connectivity index (χ2v) is 5.72. The van der Waals surface area contributed by atoms with Crippen molar-refractivity contribution in [1.82, 2.24) is 10.2 Å². The minimum atomic E-state index is -0.695. The summed E-state index contributed by atoms with van der Waals surface area (Å²) in [5.74, 6) is -0.148. The zero-order chi connectivity index (χ0) is 17.4. The van der Waals surface area contributed by atoms with Crippen LogP contribution in [-0.4, -0.2) is 28.9 Å². The Kier molecular flexibility index (Phi) is 7.07. The van der Waals surface area contributed by atoms with Crippen LogP contribution in [0.3, 0.4) is 0 Å². The Labute approximate surface area is 137 Å². The van der Waals surface area contributed by atoms with Crippen LogP contribution in [0.25, 0.3) is 0 Å². The van der Waals surface area contributed by atoms with Gasteiger partial charge in [-0.3, -0.25) is 4.79 Å². The van der Waals surface area contributed by atoms with Crippen molar-refractivity contribution in [2.75, 3.05) is 0 Å². The summed E-state index contributed by atoms with van der Waals surface area (Å²) in [4.78, 5) is 25.6. The van der Waals surface area contributed by atoms with Gasteiger partial charge in [0, 0.05) is 12.6 Å². The molecule has 0 aliphatic carbocycles. The maximum Gasteiger partial charge on any atom is 0.312 e. The first-order chi connectivity index (χ1) is 10.9. The fourth-order valence-electron chi connectivity index (χ4n) is 2.31. The number of amides is 3. The van der Waals surface area contributed by atoms with E-state index in [9.17, 15) is 9.59 Å². The number of nitriles is 1. The molecule has 0 bridgehead atoms. The lowest BCUT2D eigenvalue weighted by molar-refractivity contribution is -0.135. The molecule has 1 aromatic carbocycles. The van der Waals surface area contributed by atoms with Crippen LogP contribution in [0.15, 0.2) is 24.3 Å². The molecule has 0 saturated heterocycles. The first-order valence-electron chi connectivity index (χ1n) is 7.74. The topological polar surface area (TPSA) is 99.2 Å². The van der Waals surface area contributed by atoms with Gasteiger partial charge in [-0.1, -0.05) is 25.5 Å². The first-order valence-corrected chi connectivity index (χ1v) is 7.74. The molecule has 6 nitrogen and oxygen atoms in total. The molecule has 3 amide bonds. The highest BCUT2D eigenvalue weighted by Crippen LogP contribution is 2.13. The molecule has 1 atom stereocenters. The standard InChI is InChI=1S/C17H24N4O2/c1-4-5-15(20-17(19)23)16(22)21(12(2)3)11-14-8-6-13(10-18)7-9-14/h6-9,12,15H,4-5,11H2,1-3H3,(H3,19,20,23). The number of primary amides is 1. The van der Waals surface area contributed by atoms with Gasteiger partial charge < -0.3 is 16.0 Å². The molecular weight excluding hydrogens is 292 g/mol. The van der Waals surface area contributed by atoms with Crippen molar-refractivity contribution in [3.63, 3.8) is 0 Å². The number of hydrogen-bond acceptors (Lipinski definition) is 3. The molecule has 3 N–H and O–H groups in total. The van der Waals surface area contributed by atoms with E-state index in [1.807, 2.05) is 32.9 Å².